The van der Waals surface area contributed by atoms with Gasteiger partial charge in [0.05, 0.1) is 12.2 Å². The Hall–Kier alpha value is -1.81. The first-order chi connectivity index (χ1) is 9.79. The van der Waals surface area contributed by atoms with Crippen LogP contribution in [0.25, 0.3) is 11.0 Å². The van der Waals surface area contributed by atoms with Gasteiger partial charge in [-0.15, -0.1) is 0 Å². The number of carbonyl (C=O) groups is 1. The third-order valence-corrected chi connectivity index (χ3v) is 3.84. The molecule has 2 aromatic rings. The summed E-state index contributed by atoms with van der Waals surface area (Å²) in [6.45, 7) is 5.05. The van der Waals surface area contributed by atoms with Gasteiger partial charge >= 0.3 is 0 Å². The first kappa shape index (κ1) is 13.2. The molecule has 1 amide bonds. The molecule has 20 heavy (non-hydrogen) atoms. The number of likely N-dealkylation sites (tertiary alicyclic amines) is 1. The van der Waals surface area contributed by atoms with Gasteiger partial charge in [0.25, 0.3) is 5.91 Å². The number of fused-ring (bicyclic) bond motifs is 1. The molecule has 1 atom stereocenters. The largest absolute Gasteiger partial charge is 0.463 e. The minimum atomic E-state index is 0.0638. The molecule has 0 radical (unpaired) electrons. The minimum absolute atomic E-state index is 0.0638. The predicted molar refractivity (Wildman–Crippen MR) is 76.7 cm³/mol. The highest BCUT2D eigenvalue weighted by Gasteiger charge is 2.28. The van der Waals surface area contributed by atoms with Crippen LogP contribution in [0.1, 0.15) is 23.7 Å². The topological polar surface area (TPSA) is 42.7 Å². The van der Waals surface area contributed by atoms with Gasteiger partial charge in [-0.25, -0.2) is 0 Å². The molecule has 3 rings (SSSR count). The monoisotopic (exact) mass is 273 g/mol. The molecular weight excluding hydrogens is 254 g/mol. The lowest BCUT2D eigenvalue weighted by atomic mass is 10.1. The van der Waals surface area contributed by atoms with Gasteiger partial charge in [0.2, 0.25) is 0 Å². The maximum absolute atomic E-state index is 12.6. The minimum Gasteiger partial charge on any atom is -0.463 e. The van der Waals surface area contributed by atoms with E-state index in [-0.39, 0.29) is 5.91 Å². The van der Waals surface area contributed by atoms with Crippen molar-refractivity contribution in [2.45, 2.75) is 13.3 Å². The molecule has 4 heteroatoms. The van der Waals surface area contributed by atoms with Crippen molar-refractivity contribution >= 4 is 16.9 Å². The van der Waals surface area contributed by atoms with Crippen LogP contribution < -0.4 is 0 Å². The highest BCUT2D eigenvalue weighted by Crippen LogP contribution is 2.25. The SMILES string of the molecule is CCOCC1CCN(C(=O)c2coc3ccccc23)C1. The van der Waals surface area contributed by atoms with E-state index >= 15 is 0 Å². The average Bonchev–Trinajstić information content (AvgIpc) is 3.11. The summed E-state index contributed by atoms with van der Waals surface area (Å²) in [6.07, 6.45) is 2.59. The second kappa shape index (κ2) is 5.67. The second-order valence-electron chi connectivity index (χ2n) is 5.21. The highest BCUT2D eigenvalue weighted by molar-refractivity contribution is 6.05. The Balaban J connectivity index is 1.73. The number of hydrogen-bond acceptors (Lipinski definition) is 3. The van der Waals surface area contributed by atoms with Gasteiger partial charge in [-0.1, -0.05) is 18.2 Å². The van der Waals surface area contributed by atoms with E-state index in [1.807, 2.05) is 36.1 Å². The van der Waals surface area contributed by atoms with Crippen LogP contribution in [0, 0.1) is 5.92 Å². The molecule has 0 spiro atoms. The van der Waals surface area contributed by atoms with Gasteiger partial charge in [-0.05, 0) is 19.4 Å². The zero-order valence-electron chi connectivity index (χ0n) is 11.7. The van der Waals surface area contributed by atoms with E-state index < -0.39 is 0 Å². The van der Waals surface area contributed by atoms with E-state index in [2.05, 4.69) is 0 Å². The molecule has 1 fully saturated rings. The fraction of sp³-hybridized carbons (Fsp3) is 0.438. The van der Waals surface area contributed by atoms with Crippen LogP contribution in [0.5, 0.6) is 0 Å². The van der Waals surface area contributed by atoms with E-state index in [9.17, 15) is 4.79 Å². The lowest BCUT2D eigenvalue weighted by Gasteiger charge is -2.15. The smallest absolute Gasteiger partial charge is 0.257 e. The number of hydrogen-bond donors (Lipinski definition) is 0. The second-order valence-corrected chi connectivity index (χ2v) is 5.21. The summed E-state index contributed by atoms with van der Waals surface area (Å²) in [5.41, 5.74) is 1.43. The normalized spacial score (nSPS) is 18.9. The predicted octanol–water partition coefficient (Wildman–Crippen LogP) is 2.93. The molecular formula is C16H19NO3. The van der Waals surface area contributed by atoms with Crippen LogP contribution >= 0.6 is 0 Å². The molecule has 0 saturated carbocycles. The van der Waals surface area contributed by atoms with Gasteiger partial charge in [-0.3, -0.25) is 4.79 Å². The summed E-state index contributed by atoms with van der Waals surface area (Å²) < 4.78 is 10.9. The number of rotatable bonds is 4. The Morgan fingerprint density at radius 2 is 2.30 bits per heavy atom. The summed E-state index contributed by atoms with van der Waals surface area (Å²) in [5.74, 6) is 0.519. The van der Waals surface area contributed by atoms with Crippen molar-refractivity contribution in [2.75, 3.05) is 26.3 Å². The van der Waals surface area contributed by atoms with Crippen molar-refractivity contribution in [2.24, 2.45) is 5.92 Å². The average molecular weight is 273 g/mol. The van der Waals surface area contributed by atoms with Crippen LogP contribution in [0.3, 0.4) is 0 Å². The maximum Gasteiger partial charge on any atom is 0.257 e. The molecule has 1 aliphatic rings. The van der Waals surface area contributed by atoms with Crippen molar-refractivity contribution in [3.63, 3.8) is 0 Å². The van der Waals surface area contributed by atoms with E-state index in [4.69, 9.17) is 9.15 Å². The standard InChI is InChI=1S/C16H19NO3/c1-2-19-10-12-7-8-17(9-12)16(18)14-11-20-15-6-4-3-5-13(14)15/h3-6,11-12H,2,7-10H2,1H3. The molecule has 0 N–H and O–H groups in total. The summed E-state index contributed by atoms with van der Waals surface area (Å²) in [7, 11) is 0. The lowest BCUT2D eigenvalue weighted by Crippen LogP contribution is -2.29. The molecule has 1 aromatic carbocycles. The van der Waals surface area contributed by atoms with Gasteiger partial charge < -0.3 is 14.1 Å². The Morgan fingerprint density at radius 3 is 3.15 bits per heavy atom. The van der Waals surface area contributed by atoms with Crippen molar-refractivity contribution in [3.8, 4) is 0 Å². The Bertz CT molecular complexity index is 605. The van der Waals surface area contributed by atoms with Crippen LogP contribution in [-0.4, -0.2) is 37.1 Å². The van der Waals surface area contributed by atoms with Crippen LogP contribution in [0.4, 0.5) is 0 Å². The zero-order chi connectivity index (χ0) is 13.9. The van der Waals surface area contributed by atoms with E-state index in [1.165, 1.54) is 0 Å². The van der Waals surface area contributed by atoms with Crippen molar-refractivity contribution in [1.29, 1.82) is 0 Å². The van der Waals surface area contributed by atoms with E-state index in [1.54, 1.807) is 6.26 Å². The fourth-order valence-corrected chi connectivity index (χ4v) is 2.75. The van der Waals surface area contributed by atoms with Gasteiger partial charge in [-0.2, -0.15) is 0 Å². The summed E-state index contributed by atoms with van der Waals surface area (Å²) >= 11 is 0. The highest BCUT2D eigenvalue weighted by atomic mass is 16.5. The number of ether oxygens (including phenoxy) is 1. The quantitative estimate of drug-likeness (QED) is 0.860. The molecule has 1 aliphatic heterocycles. The first-order valence-corrected chi connectivity index (χ1v) is 7.13. The Kier molecular flexibility index (Phi) is 3.74. The number of furan rings is 1. The number of nitrogens with zero attached hydrogens (tertiary/aromatic N) is 1. The third kappa shape index (κ3) is 2.43. The number of carbonyl (C=O) groups excluding carboxylic acids is 1. The molecule has 106 valence electrons. The van der Waals surface area contributed by atoms with Crippen molar-refractivity contribution in [3.05, 3.63) is 36.1 Å². The maximum atomic E-state index is 12.6. The molecule has 2 heterocycles. The van der Waals surface area contributed by atoms with Crippen LogP contribution in [0.15, 0.2) is 34.9 Å². The Labute approximate surface area is 118 Å². The fourth-order valence-electron chi connectivity index (χ4n) is 2.75. The van der Waals surface area contributed by atoms with Gasteiger partial charge in [0.1, 0.15) is 11.8 Å². The van der Waals surface area contributed by atoms with Crippen LogP contribution in [-0.2, 0) is 4.74 Å². The van der Waals surface area contributed by atoms with Gasteiger partial charge in [0.15, 0.2) is 0 Å². The van der Waals surface area contributed by atoms with Crippen molar-refractivity contribution < 1.29 is 13.9 Å². The number of benzene rings is 1. The Morgan fingerprint density at radius 1 is 1.45 bits per heavy atom. The molecule has 0 bridgehead atoms. The summed E-state index contributed by atoms with van der Waals surface area (Å²) in [4.78, 5) is 14.5. The summed E-state index contributed by atoms with van der Waals surface area (Å²) in [6, 6.07) is 7.65. The molecule has 4 nitrogen and oxygen atoms in total. The van der Waals surface area contributed by atoms with E-state index in [0.29, 0.717) is 11.5 Å². The van der Waals surface area contributed by atoms with Crippen molar-refractivity contribution in [1.82, 2.24) is 4.90 Å². The zero-order valence-corrected chi connectivity index (χ0v) is 11.7. The molecule has 1 saturated heterocycles. The lowest BCUT2D eigenvalue weighted by molar-refractivity contribution is 0.0763. The first-order valence-electron chi connectivity index (χ1n) is 7.13. The third-order valence-electron chi connectivity index (χ3n) is 3.84. The molecule has 0 aliphatic carbocycles. The van der Waals surface area contributed by atoms with Crippen LogP contribution in [0.2, 0.25) is 0 Å². The molecule has 1 unspecified atom stereocenters. The summed E-state index contributed by atoms with van der Waals surface area (Å²) in [5, 5.41) is 0.894. The molecule has 1 aromatic heterocycles. The van der Waals surface area contributed by atoms with Gasteiger partial charge in [0, 0.05) is 31.0 Å². The number of amides is 1. The van der Waals surface area contributed by atoms with E-state index in [0.717, 1.165) is 43.7 Å². The number of para-hydroxylation sites is 1.